The predicted molar refractivity (Wildman–Crippen MR) is 107 cm³/mol. The average molecular weight is 351 g/mol. The van der Waals surface area contributed by atoms with E-state index in [1.165, 1.54) is 22.5 Å². The molecule has 3 heterocycles. The summed E-state index contributed by atoms with van der Waals surface area (Å²) >= 11 is 0. The van der Waals surface area contributed by atoms with Crippen molar-refractivity contribution in [2.45, 2.75) is 51.6 Å². The molecule has 4 heteroatoms. The topological polar surface area (TPSA) is 55.0 Å². The summed E-state index contributed by atoms with van der Waals surface area (Å²) in [5.74, 6) is 0. The first-order chi connectivity index (χ1) is 12.7. The van der Waals surface area contributed by atoms with E-state index in [0.717, 1.165) is 38.8 Å². The third-order valence-electron chi connectivity index (χ3n) is 5.29. The molecule has 0 radical (unpaired) electrons. The summed E-state index contributed by atoms with van der Waals surface area (Å²) in [6.07, 6.45) is 12.6. The zero-order valence-electron chi connectivity index (χ0n) is 15.9. The lowest BCUT2D eigenvalue weighted by atomic mass is 9.98. The number of unbranched alkanes of at least 4 members (excludes halogenated alkanes) is 1. The van der Waals surface area contributed by atoms with Gasteiger partial charge < -0.3 is 5.73 Å². The Kier molecular flexibility index (Phi) is 6.53. The fourth-order valence-electron chi connectivity index (χ4n) is 3.92. The Balaban J connectivity index is 2.00. The number of nitrogens with two attached hydrogens (primary N) is 1. The summed E-state index contributed by atoms with van der Waals surface area (Å²) in [6, 6.07) is 8.92. The van der Waals surface area contributed by atoms with Crippen molar-refractivity contribution < 1.29 is 0 Å². The van der Waals surface area contributed by atoms with Crippen LogP contribution in [0.1, 0.15) is 60.3 Å². The normalized spacial score (nSPS) is 20.9. The monoisotopic (exact) mass is 350 g/mol. The molecule has 2 atom stereocenters. The largest absolute Gasteiger partial charge is 0.330 e. The van der Waals surface area contributed by atoms with Gasteiger partial charge in [0.1, 0.15) is 0 Å². The fourth-order valence-corrected chi connectivity index (χ4v) is 3.92. The van der Waals surface area contributed by atoms with E-state index in [4.69, 9.17) is 15.7 Å². The van der Waals surface area contributed by atoms with Crippen LogP contribution in [0.3, 0.4) is 0 Å². The van der Waals surface area contributed by atoms with E-state index < -0.39 is 0 Å². The molecule has 0 amide bonds. The summed E-state index contributed by atoms with van der Waals surface area (Å²) in [6.45, 7) is 6.08. The number of pyridine rings is 2. The number of aromatic nitrogens is 2. The molecule has 2 unspecified atom stereocenters. The predicted octanol–water partition coefficient (Wildman–Crippen LogP) is 4.27. The summed E-state index contributed by atoms with van der Waals surface area (Å²) in [7, 11) is 0. The van der Waals surface area contributed by atoms with Crippen molar-refractivity contribution in [2.24, 2.45) is 5.73 Å². The Morgan fingerprint density at radius 2 is 1.46 bits per heavy atom. The van der Waals surface area contributed by atoms with Gasteiger partial charge in [-0.3, -0.25) is 14.9 Å². The lowest BCUT2D eigenvalue weighted by Crippen LogP contribution is -2.34. The molecule has 0 fully saturated rings. The average Bonchev–Trinajstić information content (AvgIpc) is 2.85. The van der Waals surface area contributed by atoms with Crippen molar-refractivity contribution in [3.63, 3.8) is 0 Å². The Labute approximate surface area is 157 Å². The molecular formula is C22H30N4. The van der Waals surface area contributed by atoms with Gasteiger partial charge in [0.25, 0.3) is 0 Å². The van der Waals surface area contributed by atoms with Crippen LogP contribution in [0.25, 0.3) is 0 Å². The molecule has 138 valence electrons. The van der Waals surface area contributed by atoms with Crippen LogP contribution < -0.4 is 5.73 Å². The molecular weight excluding hydrogens is 320 g/mol. The second-order valence-corrected chi connectivity index (χ2v) is 7.12. The van der Waals surface area contributed by atoms with E-state index in [1.54, 1.807) is 0 Å². The number of hydrogen-bond donors (Lipinski definition) is 1. The highest BCUT2D eigenvalue weighted by Crippen LogP contribution is 2.38. The van der Waals surface area contributed by atoms with Gasteiger partial charge >= 0.3 is 0 Å². The van der Waals surface area contributed by atoms with Crippen LogP contribution in [0.5, 0.6) is 0 Å². The molecule has 2 aromatic rings. The lowest BCUT2D eigenvalue weighted by Gasteiger charge is -2.37. The van der Waals surface area contributed by atoms with E-state index in [2.05, 4.69) is 43.0 Å². The van der Waals surface area contributed by atoms with E-state index in [1.807, 2.05) is 24.5 Å². The number of nitrogens with zero attached hydrogens (tertiary/aromatic N) is 3. The Morgan fingerprint density at radius 3 is 1.92 bits per heavy atom. The molecule has 1 aliphatic heterocycles. The van der Waals surface area contributed by atoms with Crippen LogP contribution in [0.2, 0.25) is 0 Å². The minimum atomic E-state index is 0.277. The molecule has 0 bridgehead atoms. The fraction of sp³-hybridized carbons (Fsp3) is 0.455. The molecule has 0 aromatic carbocycles. The Hall–Kier alpha value is -2.04. The molecule has 3 rings (SSSR count). The van der Waals surface area contributed by atoms with Crippen molar-refractivity contribution in [3.8, 4) is 0 Å². The second-order valence-electron chi connectivity index (χ2n) is 7.12. The standard InChI is InChI=1S/C22H30N4/c1-17-9-7-14-24-21(17)19-11-3-4-12-20(26(19)16-6-5-13-23)22-18(2)10-8-15-25-22/h3-4,7-10,14-15,19-20H,5-6,11-13,16,23H2,1-2H3. The summed E-state index contributed by atoms with van der Waals surface area (Å²) in [4.78, 5) is 12.1. The molecule has 2 N–H and O–H groups in total. The minimum Gasteiger partial charge on any atom is -0.330 e. The highest BCUT2D eigenvalue weighted by Gasteiger charge is 2.31. The van der Waals surface area contributed by atoms with Gasteiger partial charge in [-0.25, -0.2) is 0 Å². The summed E-state index contributed by atoms with van der Waals surface area (Å²) < 4.78 is 0. The van der Waals surface area contributed by atoms with Gasteiger partial charge in [0, 0.05) is 12.4 Å². The Morgan fingerprint density at radius 1 is 0.923 bits per heavy atom. The SMILES string of the molecule is Cc1cccnc1C1CC=CCC(c2ncccc2C)N1CCCCN. The van der Waals surface area contributed by atoms with Gasteiger partial charge in [0.15, 0.2) is 0 Å². The van der Waals surface area contributed by atoms with Crippen molar-refractivity contribution in [1.82, 2.24) is 14.9 Å². The second kappa shape index (κ2) is 9.06. The van der Waals surface area contributed by atoms with Crippen molar-refractivity contribution >= 4 is 0 Å². The highest BCUT2D eigenvalue weighted by atomic mass is 15.2. The van der Waals surface area contributed by atoms with Crippen LogP contribution in [-0.4, -0.2) is 28.0 Å². The quantitative estimate of drug-likeness (QED) is 0.624. The van der Waals surface area contributed by atoms with Crippen LogP contribution >= 0.6 is 0 Å². The van der Waals surface area contributed by atoms with E-state index in [-0.39, 0.29) is 12.1 Å². The number of aryl methyl sites for hydroxylation is 2. The minimum absolute atomic E-state index is 0.277. The van der Waals surface area contributed by atoms with Gasteiger partial charge in [0.2, 0.25) is 0 Å². The van der Waals surface area contributed by atoms with Crippen molar-refractivity contribution in [1.29, 1.82) is 0 Å². The Bertz CT molecular complexity index is 683. The molecule has 26 heavy (non-hydrogen) atoms. The van der Waals surface area contributed by atoms with Gasteiger partial charge in [-0.15, -0.1) is 0 Å². The molecule has 0 saturated heterocycles. The van der Waals surface area contributed by atoms with Crippen molar-refractivity contribution in [3.05, 3.63) is 71.3 Å². The number of rotatable bonds is 6. The van der Waals surface area contributed by atoms with E-state index in [0.29, 0.717) is 0 Å². The summed E-state index contributed by atoms with van der Waals surface area (Å²) in [5, 5.41) is 0. The van der Waals surface area contributed by atoms with Crippen LogP contribution in [0, 0.1) is 13.8 Å². The molecule has 0 saturated carbocycles. The maximum Gasteiger partial charge on any atom is 0.0607 e. The third-order valence-corrected chi connectivity index (χ3v) is 5.29. The highest BCUT2D eigenvalue weighted by molar-refractivity contribution is 5.27. The van der Waals surface area contributed by atoms with Gasteiger partial charge in [-0.1, -0.05) is 24.3 Å². The smallest absolute Gasteiger partial charge is 0.0607 e. The molecule has 1 aliphatic rings. The number of hydrogen-bond acceptors (Lipinski definition) is 4. The third kappa shape index (κ3) is 4.19. The zero-order valence-corrected chi connectivity index (χ0v) is 15.9. The molecule has 4 nitrogen and oxygen atoms in total. The first-order valence-electron chi connectivity index (χ1n) is 9.66. The maximum absolute atomic E-state index is 5.76. The van der Waals surface area contributed by atoms with E-state index in [9.17, 15) is 0 Å². The van der Waals surface area contributed by atoms with Crippen molar-refractivity contribution in [2.75, 3.05) is 13.1 Å². The molecule has 2 aromatic heterocycles. The van der Waals surface area contributed by atoms with Crippen LogP contribution in [-0.2, 0) is 0 Å². The van der Waals surface area contributed by atoms with Gasteiger partial charge in [0.05, 0.1) is 23.5 Å². The maximum atomic E-state index is 5.76. The van der Waals surface area contributed by atoms with Crippen LogP contribution in [0.4, 0.5) is 0 Å². The molecule has 0 aliphatic carbocycles. The first-order valence-corrected chi connectivity index (χ1v) is 9.66. The van der Waals surface area contributed by atoms with Crippen LogP contribution in [0.15, 0.2) is 48.8 Å². The van der Waals surface area contributed by atoms with Gasteiger partial charge in [-0.2, -0.15) is 0 Å². The zero-order chi connectivity index (χ0) is 18.4. The lowest BCUT2D eigenvalue weighted by molar-refractivity contribution is 0.129. The van der Waals surface area contributed by atoms with Gasteiger partial charge in [-0.05, 0) is 75.9 Å². The first kappa shape index (κ1) is 18.7. The van der Waals surface area contributed by atoms with E-state index >= 15 is 0 Å². The summed E-state index contributed by atoms with van der Waals surface area (Å²) in [5.41, 5.74) is 10.6. The molecule has 0 spiro atoms.